The third-order valence-electron chi connectivity index (χ3n) is 4.43. The minimum atomic E-state index is 0.797. The van der Waals surface area contributed by atoms with E-state index in [-0.39, 0.29) is 0 Å². The van der Waals surface area contributed by atoms with Gasteiger partial charge in [-0.15, -0.1) is 0 Å². The van der Waals surface area contributed by atoms with Gasteiger partial charge in [-0.2, -0.15) is 23.1 Å². The second kappa shape index (κ2) is 12.5. The molecule has 0 unspecified atom stereocenters. The molecule has 3 heterocycles. The molecule has 0 bridgehead atoms. The van der Waals surface area contributed by atoms with Crippen molar-refractivity contribution in [3.8, 4) is 11.1 Å². The van der Waals surface area contributed by atoms with Crippen molar-refractivity contribution in [1.29, 1.82) is 0 Å². The highest BCUT2D eigenvalue weighted by atomic mass is 32.2. The Morgan fingerprint density at radius 1 is 0.833 bits per heavy atom. The second-order valence-corrected chi connectivity index (χ2v) is 8.73. The first kappa shape index (κ1) is 22.5. The Labute approximate surface area is 188 Å². The molecule has 1 fully saturated rings. The van der Waals surface area contributed by atoms with Gasteiger partial charge < -0.3 is 5.32 Å². The van der Waals surface area contributed by atoms with Crippen LogP contribution in [0.25, 0.3) is 11.1 Å². The van der Waals surface area contributed by atoms with Crippen LogP contribution < -0.4 is 5.32 Å². The van der Waals surface area contributed by atoms with Gasteiger partial charge in [0.2, 0.25) is 0 Å². The number of fused-ring (bicyclic) bond motifs is 2. The lowest BCUT2D eigenvalue weighted by Gasteiger charge is -2.10. The summed E-state index contributed by atoms with van der Waals surface area (Å²) in [5.74, 6) is 2.83. The molecule has 1 aromatic heterocycles. The lowest BCUT2D eigenvalue weighted by molar-refractivity contribution is 0.762. The predicted molar refractivity (Wildman–Crippen MR) is 137 cm³/mol. The monoisotopic (exact) mass is 435 g/mol. The average Bonchev–Trinajstić information content (AvgIpc) is 3.58. The molecular weight excluding hydrogens is 406 g/mol. The summed E-state index contributed by atoms with van der Waals surface area (Å²) in [6, 6.07) is 18.6. The Balaban J connectivity index is 0.000000148. The van der Waals surface area contributed by atoms with E-state index >= 15 is 0 Å². The molecule has 0 atom stereocenters. The van der Waals surface area contributed by atoms with Gasteiger partial charge in [0.25, 0.3) is 0 Å². The van der Waals surface area contributed by atoms with Gasteiger partial charge in [-0.25, -0.2) is 0 Å². The lowest BCUT2D eigenvalue weighted by atomic mass is 9.95. The summed E-state index contributed by atoms with van der Waals surface area (Å²) in [7, 11) is 0. The zero-order valence-electron chi connectivity index (χ0n) is 17.7. The van der Waals surface area contributed by atoms with Gasteiger partial charge >= 0.3 is 0 Å². The first-order valence-corrected chi connectivity index (χ1v) is 12.5. The fourth-order valence-corrected chi connectivity index (χ4v) is 3.28. The molecule has 4 aliphatic rings. The van der Waals surface area contributed by atoms with E-state index in [4.69, 9.17) is 0 Å². The Kier molecular flexibility index (Phi) is 9.35. The van der Waals surface area contributed by atoms with Crippen LogP contribution in [0.4, 0.5) is 11.4 Å². The molecule has 2 aromatic rings. The molecular formula is C25H29N3S2. The van der Waals surface area contributed by atoms with Crippen molar-refractivity contribution in [2.75, 3.05) is 24.6 Å². The molecule has 0 saturated carbocycles. The van der Waals surface area contributed by atoms with Crippen molar-refractivity contribution in [1.82, 2.24) is 5.32 Å². The Morgan fingerprint density at radius 2 is 1.47 bits per heavy atom. The van der Waals surface area contributed by atoms with Crippen molar-refractivity contribution < 1.29 is 0 Å². The normalized spacial score (nSPS) is 13.6. The largest absolute Gasteiger partial charge is 0.317 e. The number of para-hydroxylation sites is 2. The molecule has 1 aromatic carbocycles. The van der Waals surface area contributed by atoms with Crippen molar-refractivity contribution in [3.05, 3.63) is 70.9 Å². The van der Waals surface area contributed by atoms with Gasteiger partial charge in [0.15, 0.2) is 0 Å². The van der Waals surface area contributed by atoms with Crippen molar-refractivity contribution >= 4 is 46.4 Å². The smallest absolute Gasteiger partial charge is 0.0889 e. The number of rotatable bonds is 3. The van der Waals surface area contributed by atoms with Crippen LogP contribution in [0.2, 0.25) is 0 Å². The highest BCUT2D eigenvalue weighted by Gasteiger charge is 2.08. The van der Waals surface area contributed by atoms with E-state index in [2.05, 4.69) is 70.2 Å². The highest BCUT2D eigenvalue weighted by Crippen LogP contribution is 2.30. The molecule has 3 nitrogen and oxygen atoms in total. The molecule has 0 radical (unpaired) electrons. The fourth-order valence-electron chi connectivity index (χ4n) is 2.61. The predicted octanol–water partition coefficient (Wildman–Crippen LogP) is 6.99. The molecule has 0 spiro atoms. The van der Waals surface area contributed by atoms with E-state index in [1.807, 2.05) is 42.2 Å². The number of nitrogens with zero attached hydrogens (tertiary/aromatic N) is 2. The third kappa shape index (κ3) is 7.24. The molecule has 6 rings (SSSR count). The minimum Gasteiger partial charge on any atom is -0.317 e. The molecule has 1 saturated heterocycles. The van der Waals surface area contributed by atoms with Crippen LogP contribution >= 0.6 is 23.1 Å². The van der Waals surface area contributed by atoms with Crippen LogP contribution in [0.5, 0.6) is 0 Å². The summed E-state index contributed by atoms with van der Waals surface area (Å²) < 4.78 is 0. The number of thioether (sulfide) groups is 1. The maximum absolute atomic E-state index is 4.68. The number of aliphatic imine (C=N–C) groups is 2. The van der Waals surface area contributed by atoms with Crippen LogP contribution in [0, 0.1) is 0 Å². The summed E-state index contributed by atoms with van der Waals surface area (Å²) in [5.41, 5.74) is 7.05. The standard InChI is InChI=1S/C13H10N2S.C6H4.C4H11N.C2H4S/c1-2-4-13-12(3-1)14-7-5-11(15-13)10-6-8-16-9-10;1-2-6-4-3-5(1)6;1-3-5-4-2;1-2-3-1/h1-4,6-9H,5H2;1-4H;5H,3-4H2,1-2H3;1-2H2. The summed E-state index contributed by atoms with van der Waals surface area (Å²) in [4.78, 5) is 9.09. The zero-order valence-corrected chi connectivity index (χ0v) is 19.3. The molecule has 2 aliphatic heterocycles. The van der Waals surface area contributed by atoms with Crippen molar-refractivity contribution in [2.24, 2.45) is 9.98 Å². The average molecular weight is 436 g/mol. The van der Waals surface area contributed by atoms with E-state index in [0.717, 1.165) is 36.6 Å². The Bertz CT molecular complexity index is 917. The summed E-state index contributed by atoms with van der Waals surface area (Å²) in [6.07, 6.45) is 2.73. The topological polar surface area (TPSA) is 36.8 Å². The third-order valence-corrected chi connectivity index (χ3v) is 5.52. The van der Waals surface area contributed by atoms with Crippen LogP contribution in [0.3, 0.4) is 0 Å². The van der Waals surface area contributed by atoms with E-state index in [0.29, 0.717) is 0 Å². The molecule has 1 N–H and O–H groups in total. The van der Waals surface area contributed by atoms with E-state index < -0.39 is 0 Å². The molecule has 156 valence electrons. The van der Waals surface area contributed by atoms with E-state index in [1.165, 1.54) is 28.2 Å². The van der Waals surface area contributed by atoms with Gasteiger partial charge in [0.1, 0.15) is 0 Å². The zero-order chi connectivity index (χ0) is 21.0. The molecule has 30 heavy (non-hydrogen) atoms. The number of hydrogen-bond acceptors (Lipinski definition) is 5. The first-order chi connectivity index (χ1) is 14.8. The van der Waals surface area contributed by atoms with Gasteiger partial charge in [-0.3, -0.25) is 9.98 Å². The summed E-state index contributed by atoms with van der Waals surface area (Å²) in [6.45, 7) is 6.39. The van der Waals surface area contributed by atoms with E-state index in [9.17, 15) is 0 Å². The van der Waals surface area contributed by atoms with Crippen LogP contribution in [-0.4, -0.2) is 36.5 Å². The van der Waals surface area contributed by atoms with Crippen LogP contribution in [0.1, 0.15) is 25.8 Å². The van der Waals surface area contributed by atoms with Crippen molar-refractivity contribution in [2.45, 2.75) is 20.3 Å². The van der Waals surface area contributed by atoms with Crippen LogP contribution in [0.15, 0.2) is 75.3 Å². The summed E-state index contributed by atoms with van der Waals surface area (Å²) in [5, 5.41) is 7.31. The van der Waals surface area contributed by atoms with E-state index in [1.54, 1.807) is 11.3 Å². The minimum absolute atomic E-state index is 0.797. The molecule has 0 amide bonds. The number of thiophene rings is 1. The number of nitrogens with one attached hydrogen (secondary N) is 1. The Hall–Kier alpha value is -2.21. The summed E-state index contributed by atoms with van der Waals surface area (Å²) >= 11 is 3.70. The lowest BCUT2D eigenvalue weighted by Crippen LogP contribution is -2.09. The van der Waals surface area contributed by atoms with Crippen molar-refractivity contribution in [3.63, 3.8) is 0 Å². The number of hydrogen-bond donors (Lipinski definition) is 1. The first-order valence-electron chi connectivity index (χ1n) is 10.4. The van der Waals surface area contributed by atoms with Gasteiger partial charge in [-0.05, 0) is 53.2 Å². The van der Waals surface area contributed by atoms with Gasteiger partial charge in [-0.1, -0.05) is 50.2 Å². The molecule has 2 aliphatic carbocycles. The second-order valence-electron chi connectivity index (χ2n) is 6.72. The number of benzene rings is 2. The maximum Gasteiger partial charge on any atom is 0.0889 e. The maximum atomic E-state index is 4.68. The van der Waals surface area contributed by atoms with Gasteiger partial charge in [0, 0.05) is 29.7 Å². The molecule has 5 heteroatoms. The SMILES string of the molecule is C1=Nc2ccccc2N=C(c2ccsc2)C1.C1CS1.CCNCC.c1cc2ccc1-2. The van der Waals surface area contributed by atoms with Gasteiger partial charge in [0.05, 0.1) is 17.1 Å². The highest BCUT2D eigenvalue weighted by molar-refractivity contribution is 8.06. The van der Waals surface area contributed by atoms with Crippen LogP contribution in [-0.2, 0) is 0 Å². The Morgan fingerprint density at radius 3 is 1.90 bits per heavy atom. The fraction of sp³-hybridized carbons (Fsp3) is 0.280. The quantitative estimate of drug-likeness (QED) is 0.352.